The highest BCUT2D eigenvalue weighted by atomic mass is 16.8. The van der Waals surface area contributed by atoms with Gasteiger partial charge in [-0.15, -0.1) is 0 Å². The molecule has 34 heavy (non-hydrogen) atoms. The van der Waals surface area contributed by atoms with Crippen LogP contribution in [0.15, 0.2) is 0 Å². The molecule has 0 bridgehead atoms. The SMILES string of the molecule is C[C@@H]1O[C@@H](O[C@@H]2[C@H](O)[C@@H](O)[C@H](O[C@H]3C(O)O[C@H](C(=O)O)[C@@H](O)[C@@H]3O)O[C@@H]2CO)[C@H](O)[C@H](O)[C@H]1O. The minimum absolute atomic E-state index is 0.826. The van der Waals surface area contributed by atoms with E-state index in [4.69, 9.17) is 28.8 Å². The van der Waals surface area contributed by atoms with Gasteiger partial charge in [0, 0.05) is 0 Å². The third kappa shape index (κ3) is 5.20. The third-order valence-electron chi connectivity index (χ3n) is 6.02. The van der Waals surface area contributed by atoms with Gasteiger partial charge in [-0.25, -0.2) is 4.79 Å². The Morgan fingerprint density at radius 3 is 1.82 bits per heavy atom. The summed E-state index contributed by atoms with van der Waals surface area (Å²) in [5, 5.41) is 99.6. The van der Waals surface area contributed by atoms with Crippen LogP contribution in [0.4, 0.5) is 0 Å². The van der Waals surface area contributed by atoms with Crippen molar-refractivity contribution < 1.29 is 79.5 Å². The molecular weight excluding hydrogens is 472 g/mol. The van der Waals surface area contributed by atoms with Gasteiger partial charge in [0.1, 0.15) is 61.0 Å². The highest BCUT2D eigenvalue weighted by Crippen LogP contribution is 2.32. The Bertz CT molecular complexity index is 693. The standard InChI is InChI=1S/C18H30O16/c1-3-5(20)6(21)10(25)17(30-3)33-12-4(2-19)31-18(11(26)9(12)24)34-14-8(23)7(22)13(15(27)28)32-16(14)29/h3-14,16-26,29H,2H2,1H3,(H,27,28)/t3-,4+,5-,6+,7-,8-,9+,10+,11+,12-,13-,14+,16?,17-,18-/m0/s1. The second kappa shape index (κ2) is 10.9. The summed E-state index contributed by atoms with van der Waals surface area (Å²) in [6, 6.07) is 0. The number of aliphatic carboxylic acids is 1. The molecule has 3 heterocycles. The van der Waals surface area contributed by atoms with Crippen molar-refractivity contribution in [1.29, 1.82) is 0 Å². The topological polar surface area (TPSA) is 266 Å². The molecule has 3 aliphatic rings. The Kier molecular flexibility index (Phi) is 8.81. The van der Waals surface area contributed by atoms with Crippen LogP contribution < -0.4 is 0 Å². The number of rotatable bonds is 6. The quantitative estimate of drug-likeness (QED) is 0.162. The van der Waals surface area contributed by atoms with Gasteiger partial charge in [0.25, 0.3) is 0 Å². The normalized spacial score (nSPS) is 52.4. The predicted molar refractivity (Wildman–Crippen MR) is 100 cm³/mol. The minimum Gasteiger partial charge on any atom is -0.479 e. The van der Waals surface area contributed by atoms with Crippen LogP contribution in [0, 0.1) is 0 Å². The number of hydrogen-bond acceptors (Lipinski definition) is 15. The smallest absolute Gasteiger partial charge is 0.335 e. The summed E-state index contributed by atoms with van der Waals surface area (Å²) >= 11 is 0. The summed E-state index contributed by atoms with van der Waals surface area (Å²) in [5.74, 6) is -1.66. The van der Waals surface area contributed by atoms with Gasteiger partial charge in [-0.3, -0.25) is 0 Å². The number of aliphatic hydroxyl groups is 9. The molecule has 198 valence electrons. The second-order valence-corrected chi connectivity index (χ2v) is 8.36. The Balaban J connectivity index is 1.70. The summed E-state index contributed by atoms with van der Waals surface area (Å²) in [4.78, 5) is 11.1. The molecule has 0 aromatic heterocycles. The monoisotopic (exact) mass is 502 g/mol. The lowest BCUT2D eigenvalue weighted by Gasteiger charge is -2.47. The number of hydrogen-bond donors (Lipinski definition) is 10. The summed E-state index contributed by atoms with van der Waals surface area (Å²) in [6.07, 6.45) is -25.9. The van der Waals surface area contributed by atoms with Gasteiger partial charge < -0.3 is 74.7 Å². The predicted octanol–water partition coefficient (Wildman–Crippen LogP) is -6.45. The molecule has 3 fully saturated rings. The van der Waals surface area contributed by atoms with Crippen LogP contribution in [-0.4, -0.2) is 156 Å². The van der Waals surface area contributed by atoms with Crippen LogP contribution in [0.2, 0.25) is 0 Å². The van der Waals surface area contributed by atoms with Crippen LogP contribution in [-0.2, 0) is 28.5 Å². The summed E-state index contributed by atoms with van der Waals surface area (Å²) in [6.45, 7) is 0.562. The average Bonchev–Trinajstić information content (AvgIpc) is 2.79. The van der Waals surface area contributed by atoms with Gasteiger partial charge in [-0.1, -0.05) is 0 Å². The number of ether oxygens (including phenoxy) is 5. The van der Waals surface area contributed by atoms with E-state index in [0.717, 1.165) is 0 Å². The number of carboxylic acid groups (broad SMARTS) is 1. The van der Waals surface area contributed by atoms with Crippen molar-refractivity contribution in [3.63, 3.8) is 0 Å². The van der Waals surface area contributed by atoms with E-state index < -0.39 is 105 Å². The lowest BCUT2D eigenvalue weighted by molar-refractivity contribution is -0.378. The maximum atomic E-state index is 11.1. The number of carboxylic acids is 1. The van der Waals surface area contributed by atoms with Crippen molar-refractivity contribution in [2.24, 2.45) is 0 Å². The molecule has 0 spiro atoms. The number of aliphatic hydroxyl groups excluding tert-OH is 9. The van der Waals surface area contributed by atoms with Crippen LogP contribution in [0.1, 0.15) is 6.92 Å². The highest BCUT2D eigenvalue weighted by molar-refractivity contribution is 5.73. The van der Waals surface area contributed by atoms with Crippen molar-refractivity contribution >= 4 is 5.97 Å². The Morgan fingerprint density at radius 2 is 1.24 bits per heavy atom. The molecule has 10 N–H and O–H groups in total. The molecule has 0 saturated carbocycles. The van der Waals surface area contributed by atoms with E-state index in [-0.39, 0.29) is 0 Å². The molecule has 0 amide bonds. The lowest BCUT2D eigenvalue weighted by atomic mass is 9.96. The van der Waals surface area contributed by atoms with Crippen LogP contribution in [0.3, 0.4) is 0 Å². The Labute approximate surface area is 192 Å². The molecule has 16 heteroatoms. The first-order valence-corrected chi connectivity index (χ1v) is 10.4. The molecule has 0 aromatic rings. The van der Waals surface area contributed by atoms with Gasteiger partial charge in [-0.05, 0) is 6.92 Å². The molecule has 0 aliphatic carbocycles. The van der Waals surface area contributed by atoms with E-state index in [0.29, 0.717) is 0 Å². The molecule has 0 radical (unpaired) electrons. The van der Waals surface area contributed by atoms with E-state index in [1.54, 1.807) is 0 Å². The fraction of sp³-hybridized carbons (Fsp3) is 0.944. The maximum absolute atomic E-state index is 11.1. The third-order valence-corrected chi connectivity index (χ3v) is 6.02. The summed E-state index contributed by atoms with van der Waals surface area (Å²) in [7, 11) is 0. The summed E-state index contributed by atoms with van der Waals surface area (Å²) in [5.41, 5.74) is 0. The van der Waals surface area contributed by atoms with E-state index >= 15 is 0 Å². The fourth-order valence-corrected chi connectivity index (χ4v) is 3.97. The molecule has 15 atom stereocenters. The minimum atomic E-state index is -2.07. The van der Waals surface area contributed by atoms with Crippen LogP contribution in [0.25, 0.3) is 0 Å². The first kappa shape index (κ1) is 27.5. The van der Waals surface area contributed by atoms with Gasteiger partial charge in [0.15, 0.2) is 25.0 Å². The Hall–Kier alpha value is -1.09. The van der Waals surface area contributed by atoms with Crippen molar-refractivity contribution in [3.8, 4) is 0 Å². The molecule has 3 aliphatic heterocycles. The first-order chi connectivity index (χ1) is 15.9. The lowest BCUT2D eigenvalue weighted by Crippen LogP contribution is -2.66. The fourth-order valence-electron chi connectivity index (χ4n) is 3.97. The molecule has 3 saturated heterocycles. The van der Waals surface area contributed by atoms with Crippen molar-refractivity contribution in [3.05, 3.63) is 0 Å². The van der Waals surface area contributed by atoms with Crippen molar-refractivity contribution in [2.75, 3.05) is 6.61 Å². The van der Waals surface area contributed by atoms with E-state index in [1.807, 2.05) is 0 Å². The van der Waals surface area contributed by atoms with Gasteiger partial charge in [0.2, 0.25) is 0 Å². The van der Waals surface area contributed by atoms with Crippen molar-refractivity contribution in [2.45, 2.75) is 99.0 Å². The van der Waals surface area contributed by atoms with E-state index in [1.165, 1.54) is 6.92 Å². The summed E-state index contributed by atoms with van der Waals surface area (Å²) < 4.78 is 26.0. The second-order valence-electron chi connectivity index (χ2n) is 8.36. The molecule has 3 rings (SSSR count). The molecule has 0 aromatic carbocycles. The largest absolute Gasteiger partial charge is 0.479 e. The Morgan fingerprint density at radius 1 is 0.706 bits per heavy atom. The zero-order valence-corrected chi connectivity index (χ0v) is 17.8. The van der Waals surface area contributed by atoms with Gasteiger partial charge in [-0.2, -0.15) is 0 Å². The van der Waals surface area contributed by atoms with Crippen molar-refractivity contribution in [1.82, 2.24) is 0 Å². The van der Waals surface area contributed by atoms with E-state index in [2.05, 4.69) is 0 Å². The molecule has 1 unspecified atom stereocenters. The zero-order chi connectivity index (χ0) is 25.5. The number of carbonyl (C=O) groups is 1. The molecule has 16 nitrogen and oxygen atoms in total. The zero-order valence-electron chi connectivity index (χ0n) is 17.8. The average molecular weight is 502 g/mol. The molecular formula is C18H30O16. The highest BCUT2D eigenvalue weighted by Gasteiger charge is 2.53. The first-order valence-electron chi connectivity index (χ1n) is 10.4. The van der Waals surface area contributed by atoms with Crippen LogP contribution >= 0.6 is 0 Å². The van der Waals surface area contributed by atoms with Gasteiger partial charge >= 0.3 is 5.97 Å². The van der Waals surface area contributed by atoms with Gasteiger partial charge in [0.05, 0.1) is 12.7 Å². The van der Waals surface area contributed by atoms with Crippen LogP contribution in [0.5, 0.6) is 0 Å². The van der Waals surface area contributed by atoms with E-state index in [9.17, 15) is 50.8 Å². The maximum Gasteiger partial charge on any atom is 0.335 e.